The van der Waals surface area contributed by atoms with Crippen molar-refractivity contribution in [3.05, 3.63) is 132 Å². The van der Waals surface area contributed by atoms with Crippen molar-refractivity contribution in [3.8, 4) is 33.4 Å². The molecule has 202 valence electrons. The van der Waals surface area contributed by atoms with Crippen LogP contribution in [0.15, 0.2) is 110 Å². The monoisotopic (exact) mass is 542 g/mol. The van der Waals surface area contributed by atoms with Gasteiger partial charge in [0, 0.05) is 35.6 Å². The van der Waals surface area contributed by atoms with Gasteiger partial charge in [-0.1, -0.05) is 71.8 Å². The summed E-state index contributed by atoms with van der Waals surface area (Å²) in [5, 5.41) is 4.70. The normalized spacial score (nSPS) is 11.8. The van der Waals surface area contributed by atoms with Gasteiger partial charge in [-0.15, -0.1) is 0 Å². The number of fused-ring (bicyclic) bond motifs is 6. The minimum atomic E-state index is 0.998. The lowest BCUT2D eigenvalue weighted by molar-refractivity contribution is 1.20. The molecule has 0 bridgehead atoms. The first-order chi connectivity index (χ1) is 20.4. The average molecular weight is 543 g/mol. The Morgan fingerprint density at radius 3 is 1.50 bits per heavy atom. The molecule has 0 saturated heterocycles. The van der Waals surface area contributed by atoms with E-state index in [4.69, 9.17) is 9.97 Å². The molecular weight excluding hydrogens is 512 g/mol. The number of hydrogen-bond donors (Lipinski definition) is 0. The van der Waals surface area contributed by atoms with E-state index >= 15 is 0 Å². The maximum absolute atomic E-state index is 4.78. The standard InChI is InChI=1S/C38H30N4/c1-23-16-24(2)18-31(17-23)36-32(27-8-10-34-29(19-27)12-14-41-21-25(3)39-37(34)41)6-5-7-33(36)28-9-11-35-30(20-28)13-15-42-22-26(4)40-38(35)42/h5-22H,1-4H3. The molecule has 4 heteroatoms. The Hall–Kier alpha value is -5.22. The first-order valence-electron chi connectivity index (χ1n) is 14.4. The van der Waals surface area contributed by atoms with Crippen LogP contribution < -0.4 is 0 Å². The van der Waals surface area contributed by atoms with Gasteiger partial charge in [0.25, 0.3) is 0 Å². The third kappa shape index (κ3) is 3.91. The van der Waals surface area contributed by atoms with Crippen molar-refractivity contribution >= 4 is 32.8 Å². The van der Waals surface area contributed by atoms with E-state index in [-0.39, 0.29) is 0 Å². The predicted octanol–water partition coefficient (Wildman–Crippen LogP) is 9.52. The number of pyridine rings is 2. The second-order valence-corrected chi connectivity index (χ2v) is 11.6. The highest BCUT2D eigenvalue weighted by Gasteiger charge is 2.17. The minimum absolute atomic E-state index is 0.998. The van der Waals surface area contributed by atoms with Gasteiger partial charge in [-0.2, -0.15) is 0 Å². The molecule has 4 heterocycles. The summed E-state index contributed by atoms with van der Waals surface area (Å²) < 4.78 is 4.22. The van der Waals surface area contributed by atoms with Crippen LogP contribution in [0.3, 0.4) is 0 Å². The fourth-order valence-corrected chi connectivity index (χ4v) is 6.59. The molecule has 42 heavy (non-hydrogen) atoms. The Morgan fingerprint density at radius 1 is 0.500 bits per heavy atom. The van der Waals surface area contributed by atoms with Crippen LogP contribution in [0.25, 0.3) is 66.2 Å². The van der Waals surface area contributed by atoms with Crippen LogP contribution >= 0.6 is 0 Å². The first kappa shape index (κ1) is 24.6. The van der Waals surface area contributed by atoms with Crippen LogP contribution in [-0.2, 0) is 0 Å². The Balaban J connectivity index is 1.37. The van der Waals surface area contributed by atoms with Gasteiger partial charge in [0.05, 0.1) is 11.4 Å². The largest absolute Gasteiger partial charge is 0.306 e. The van der Waals surface area contributed by atoms with E-state index in [1.807, 2.05) is 13.8 Å². The SMILES string of the molecule is Cc1cc(C)cc(-c2c(-c3ccc4c(ccn5cc(C)nc45)c3)cccc2-c2ccc3c(ccn4cc(C)nc34)c2)c1. The van der Waals surface area contributed by atoms with Gasteiger partial charge < -0.3 is 8.80 Å². The number of benzene rings is 4. The summed E-state index contributed by atoms with van der Waals surface area (Å²) in [7, 11) is 0. The van der Waals surface area contributed by atoms with Crippen molar-refractivity contribution < 1.29 is 0 Å². The Morgan fingerprint density at radius 2 is 1.00 bits per heavy atom. The summed E-state index contributed by atoms with van der Waals surface area (Å²) >= 11 is 0. The number of hydrogen-bond acceptors (Lipinski definition) is 2. The van der Waals surface area contributed by atoms with E-state index in [0.29, 0.717) is 0 Å². The van der Waals surface area contributed by atoms with E-state index in [2.05, 4.69) is 132 Å². The molecule has 4 aromatic carbocycles. The highest BCUT2D eigenvalue weighted by molar-refractivity contribution is 6.02. The molecule has 0 fully saturated rings. The second kappa shape index (κ2) is 9.15. The number of aromatic nitrogens is 4. The van der Waals surface area contributed by atoms with Crippen LogP contribution in [0, 0.1) is 27.7 Å². The van der Waals surface area contributed by atoms with E-state index in [1.165, 1.54) is 55.3 Å². The van der Waals surface area contributed by atoms with Crippen molar-refractivity contribution in [1.29, 1.82) is 0 Å². The quantitative estimate of drug-likeness (QED) is 0.223. The molecule has 0 radical (unpaired) electrons. The van der Waals surface area contributed by atoms with Gasteiger partial charge in [-0.3, -0.25) is 0 Å². The van der Waals surface area contributed by atoms with Crippen molar-refractivity contribution in [2.45, 2.75) is 27.7 Å². The van der Waals surface area contributed by atoms with Crippen LogP contribution in [-0.4, -0.2) is 18.8 Å². The van der Waals surface area contributed by atoms with Crippen molar-refractivity contribution in [1.82, 2.24) is 18.8 Å². The summed E-state index contributed by atoms with van der Waals surface area (Å²) in [6, 6.07) is 31.5. The van der Waals surface area contributed by atoms with Gasteiger partial charge in [0.1, 0.15) is 11.3 Å². The molecule has 0 amide bonds. The predicted molar refractivity (Wildman–Crippen MR) is 174 cm³/mol. The van der Waals surface area contributed by atoms with E-state index in [0.717, 1.165) is 33.5 Å². The van der Waals surface area contributed by atoms with Crippen molar-refractivity contribution in [2.24, 2.45) is 0 Å². The minimum Gasteiger partial charge on any atom is -0.306 e. The summed E-state index contributed by atoms with van der Waals surface area (Å²) in [6.07, 6.45) is 8.37. The Labute approximate surface area is 244 Å². The van der Waals surface area contributed by atoms with Crippen LogP contribution in [0.1, 0.15) is 22.5 Å². The Kier molecular flexibility index (Phi) is 5.35. The number of aryl methyl sites for hydroxylation is 4. The molecule has 0 spiro atoms. The maximum atomic E-state index is 4.78. The molecule has 0 unspecified atom stereocenters. The molecule has 0 saturated carbocycles. The lowest BCUT2D eigenvalue weighted by Crippen LogP contribution is -1.93. The molecule has 4 aromatic heterocycles. The zero-order chi connectivity index (χ0) is 28.5. The van der Waals surface area contributed by atoms with Gasteiger partial charge in [-0.25, -0.2) is 9.97 Å². The zero-order valence-electron chi connectivity index (χ0n) is 24.2. The van der Waals surface area contributed by atoms with Gasteiger partial charge in [0.15, 0.2) is 0 Å². The molecule has 8 rings (SSSR count). The number of imidazole rings is 2. The lowest BCUT2D eigenvalue weighted by atomic mass is 9.86. The fourth-order valence-electron chi connectivity index (χ4n) is 6.59. The third-order valence-corrected chi connectivity index (χ3v) is 8.32. The van der Waals surface area contributed by atoms with Gasteiger partial charge in [-0.05, 0) is 96.1 Å². The zero-order valence-corrected chi connectivity index (χ0v) is 24.2. The molecule has 0 aliphatic heterocycles. The summed E-state index contributed by atoms with van der Waals surface area (Å²) in [6.45, 7) is 8.45. The highest BCUT2D eigenvalue weighted by Crippen LogP contribution is 2.42. The first-order valence-corrected chi connectivity index (χ1v) is 14.4. The molecular formula is C38H30N4. The third-order valence-electron chi connectivity index (χ3n) is 8.32. The molecule has 4 nitrogen and oxygen atoms in total. The fraction of sp³-hybridized carbons (Fsp3) is 0.105. The Bertz CT molecular complexity index is 2190. The number of nitrogens with zero attached hydrogens (tertiary/aromatic N) is 4. The molecule has 0 N–H and O–H groups in total. The molecule has 8 aromatic rings. The van der Waals surface area contributed by atoms with E-state index < -0.39 is 0 Å². The molecule has 0 aliphatic rings. The molecule has 0 aliphatic carbocycles. The topological polar surface area (TPSA) is 34.6 Å². The highest BCUT2D eigenvalue weighted by atomic mass is 15.0. The average Bonchev–Trinajstić information content (AvgIpc) is 3.57. The number of rotatable bonds is 3. The smallest absolute Gasteiger partial charge is 0.144 e. The van der Waals surface area contributed by atoms with Crippen LogP contribution in [0.5, 0.6) is 0 Å². The summed E-state index contributed by atoms with van der Waals surface area (Å²) in [5.41, 5.74) is 13.9. The summed E-state index contributed by atoms with van der Waals surface area (Å²) in [5.74, 6) is 0. The summed E-state index contributed by atoms with van der Waals surface area (Å²) in [4.78, 5) is 9.57. The van der Waals surface area contributed by atoms with E-state index in [9.17, 15) is 0 Å². The van der Waals surface area contributed by atoms with Gasteiger partial charge >= 0.3 is 0 Å². The van der Waals surface area contributed by atoms with Crippen molar-refractivity contribution in [2.75, 3.05) is 0 Å². The maximum Gasteiger partial charge on any atom is 0.144 e. The van der Waals surface area contributed by atoms with Gasteiger partial charge in [0.2, 0.25) is 0 Å². The van der Waals surface area contributed by atoms with E-state index in [1.54, 1.807) is 0 Å². The van der Waals surface area contributed by atoms with Crippen LogP contribution in [0.2, 0.25) is 0 Å². The van der Waals surface area contributed by atoms with Crippen molar-refractivity contribution in [3.63, 3.8) is 0 Å². The second-order valence-electron chi connectivity index (χ2n) is 11.6. The van der Waals surface area contributed by atoms with Crippen LogP contribution in [0.4, 0.5) is 0 Å². The lowest BCUT2D eigenvalue weighted by Gasteiger charge is -2.18. The molecule has 0 atom stereocenters.